The number of carbonyl (C=O) groups excluding carboxylic acids is 1. The van der Waals surface area contributed by atoms with E-state index in [0.717, 1.165) is 0 Å². The van der Waals surface area contributed by atoms with E-state index in [9.17, 15) is 9.59 Å². The summed E-state index contributed by atoms with van der Waals surface area (Å²) in [5.74, 6) is 0.360. The minimum atomic E-state index is -0.113. The second kappa shape index (κ2) is 4.03. The molecular weight excluding hydrogens is 166 g/mol. The highest BCUT2D eigenvalue weighted by atomic mass is 16.1. The van der Waals surface area contributed by atoms with Gasteiger partial charge in [0.2, 0.25) is 0 Å². The summed E-state index contributed by atoms with van der Waals surface area (Å²) in [4.78, 5) is 21.9. The molecule has 0 radical (unpaired) electrons. The van der Waals surface area contributed by atoms with Crippen molar-refractivity contribution >= 4 is 6.29 Å². The maximum Gasteiger partial charge on any atom is 0.251 e. The van der Waals surface area contributed by atoms with Crippen LogP contribution in [0.2, 0.25) is 0 Å². The summed E-state index contributed by atoms with van der Waals surface area (Å²) in [6.45, 7) is 4.61. The number of hydrogen-bond acceptors (Lipinski definition) is 2. The Kier molecular flexibility index (Phi) is 3.01. The molecule has 3 nitrogen and oxygen atoms in total. The second-order valence-corrected chi connectivity index (χ2v) is 3.41. The minimum Gasteiger partial charge on any atom is -0.306 e. The summed E-state index contributed by atoms with van der Waals surface area (Å²) >= 11 is 0. The number of aldehydes is 1. The van der Waals surface area contributed by atoms with Crippen LogP contribution in [0, 0.1) is 5.92 Å². The van der Waals surface area contributed by atoms with E-state index in [1.165, 1.54) is 10.6 Å². The van der Waals surface area contributed by atoms with Crippen molar-refractivity contribution in [2.45, 2.75) is 20.4 Å². The normalized spacial score (nSPS) is 10.4. The van der Waals surface area contributed by atoms with Gasteiger partial charge >= 0.3 is 0 Å². The fourth-order valence-electron chi connectivity index (χ4n) is 1.20. The molecule has 0 bridgehead atoms. The van der Waals surface area contributed by atoms with E-state index in [4.69, 9.17) is 0 Å². The van der Waals surface area contributed by atoms with Crippen molar-refractivity contribution < 1.29 is 4.79 Å². The Labute approximate surface area is 77.0 Å². The van der Waals surface area contributed by atoms with Crippen molar-refractivity contribution in [2.75, 3.05) is 0 Å². The van der Waals surface area contributed by atoms with Crippen LogP contribution < -0.4 is 5.56 Å². The Hall–Kier alpha value is -1.38. The summed E-state index contributed by atoms with van der Waals surface area (Å²) in [6.07, 6.45) is 0.712. The van der Waals surface area contributed by atoms with Crippen LogP contribution in [-0.2, 0) is 6.54 Å². The molecule has 0 atom stereocenters. The van der Waals surface area contributed by atoms with Gasteiger partial charge in [0, 0.05) is 12.6 Å². The zero-order valence-electron chi connectivity index (χ0n) is 7.86. The topological polar surface area (TPSA) is 39.1 Å². The van der Waals surface area contributed by atoms with Gasteiger partial charge in [-0.3, -0.25) is 9.59 Å². The van der Waals surface area contributed by atoms with Crippen LogP contribution in [0.5, 0.6) is 0 Å². The lowest BCUT2D eigenvalue weighted by Crippen LogP contribution is -2.24. The maximum absolute atomic E-state index is 11.3. The first kappa shape index (κ1) is 9.71. The Bertz CT molecular complexity index is 352. The van der Waals surface area contributed by atoms with Gasteiger partial charge in [0.1, 0.15) is 0 Å². The standard InChI is InChI=1S/C10H13NO2/c1-8(2)6-11-9(7-12)4-3-5-10(11)13/h3-5,7-8H,6H2,1-2H3. The predicted molar refractivity (Wildman–Crippen MR) is 50.9 cm³/mol. The van der Waals surface area contributed by atoms with Gasteiger partial charge in [0.15, 0.2) is 6.29 Å². The SMILES string of the molecule is CC(C)Cn1c(C=O)cccc1=O. The predicted octanol–water partition coefficient (Wildman–Crippen LogP) is 1.32. The summed E-state index contributed by atoms with van der Waals surface area (Å²) < 4.78 is 1.50. The molecule has 0 aliphatic carbocycles. The molecule has 0 aliphatic rings. The third kappa shape index (κ3) is 2.28. The summed E-state index contributed by atoms with van der Waals surface area (Å²) in [5.41, 5.74) is 0.333. The van der Waals surface area contributed by atoms with Crippen molar-refractivity contribution in [1.82, 2.24) is 4.57 Å². The van der Waals surface area contributed by atoms with Gasteiger partial charge in [-0.05, 0) is 12.0 Å². The van der Waals surface area contributed by atoms with Crippen LogP contribution in [0.25, 0.3) is 0 Å². The number of pyridine rings is 1. The quantitative estimate of drug-likeness (QED) is 0.656. The molecule has 70 valence electrons. The molecule has 0 fully saturated rings. The first-order chi connectivity index (χ1) is 6.15. The average Bonchev–Trinajstić information content (AvgIpc) is 2.08. The van der Waals surface area contributed by atoms with Crippen LogP contribution in [0.15, 0.2) is 23.0 Å². The molecule has 1 rings (SSSR count). The Morgan fingerprint density at radius 3 is 2.69 bits per heavy atom. The average molecular weight is 179 g/mol. The highest BCUT2D eigenvalue weighted by Gasteiger charge is 2.03. The lowest BCUT2D eigenvalue weighted by molar-refractivity contribution is 0.111. The molecule has 13 heavy (non-hydrogen) atoms. The van der Waals surface area contributed by atoms with E-state index in [-0.39, 0.29) is 5.56 Å². The second-order valence-electron chi connectivity index (χ2n) is 3.41. The first-order valence-electron chi connectivity index (χ1n) is 4.30. The van der Waals surface area contributed by atoms with E-state index >= 15 is 0 Å². The number of rotatable bonds is 3. The van der Waals surface area contributed by atoms with Gasteiger partial charge in [0.25, 0.3) is 5.56 Å². The lowest BCUT2D eigenvalue weighted by atomic mass is 10.2. The van der Waals surface area contributed by atoms with Gasteiger partial charge in [-0.25, -0.2) is 0 Å². The van der Waals surface area contributed by atoms with E-state index in [2.05, 4.69) is 0 Å². The molecule has 0 aliphatic heterocycles. The van der Waals surface area contributed by atoms with Crippen molar-refractivity contribution in [1.29, 1.82) is 0 Å². The molecule has 1 aromatic rings. The lowest BCUT2D eigenvalue weighted by Gasteiger charge is -2.10. The molecule has 0 amide bonds. The number of nitrogens with zero attached hydrogens (tertiary/aromatic N) is 1. The zero-order valence-corrected chi connectivity index (χ0v) is 7.86. The van der Waals surface area contributed by atoms with Crippen molar-refractivity contribution in [3.8, 4) is 0 Å². The molecule has 0 saturated heterocycles. The van der Waals surface area contributed by atoms with Gasteiger partial charge in [-0.15, -0.1) is 0 Å². The molecule has 0 aromatic carbocycles. The Morgan fingerprint density at radius 1 is 1.46 bits per heavy atom. The van der Waals surface area contributed by atoms with E-state index in [1.54, 1.807) is 12.1 Å². The molecule has 0 N–H and O–H groups in total. The maximum atomic E-state index is 11.3. The van der Waals surface area contributed by atoms with Crippen molar-refractivity contribution in [2.24, 2.45) is 5.92 Å². The summed E-state index contributed by atoms with van der Waals surface area (Å²) in [5, 5.41) is 0. The van der Waals surface area contributed by atoms with E-state index in [1.807, 2.05) is 13.8 Å². The third-order valence-corrected chi connectivity index (χ3v) is 1.75. The highest BCUT2D eigenvalue weighted by molar-refractivity contribution is 5.71. The van der Waals surface area contributed by atoms with Crippen molar-refractivity contribution in [3.05, 3.63) is 34.2 Å². The molecule has 1 heterocycles. The number of carbonyl (C=O) groups is 1. The third-order valence-electron chi connectivity index (χ3n) is 1.75. The molecule has 0 saturated carbocycles. The zero-order chi connectivity index (χ0) is 9.84. The van der Waals surface area contributed by atoms with Crippen LogP contribution in [-0.4, -0.2) is 10.9 Å². The molecule has 0 unspecified atom stereocenters. The number of aromatic nitrogens is 1. The molecule has 3 heteroatoms. The number of hydrogen-bond donors (Lipinski definition) is 0. The minimum absolute atomic E-state index is 0.113. The molecule has 0 spiro atoms. The highest BCUT2D eigenvalue weighted by Crippen LogP contribution is 1.99. The van der Waals surface area contributed by atoms with Gasteiger partial charge in [-0.2, -0.15) is 0 Å². The molecular formula is C10H13NO2. The van der Waals surface area contributed by atoms with Crippen molar-refractivity contribution in [3.63, 3.8) is 0 Å². The largest absolute Gasteiger partial charge is 0.306 e. The van der Waals surface area contributed by atoms with E-state index in [0.29, 0.717) is 24.4 Å². The summed E-state index contributed by atoms with van der Waals surface area (Å²) in [7, 11) is 0. The van der Waals surface area contributed by atoms with Gasteiger partial charge in [-0.1, -0.05) is 19.9 Å². The Balaban J connectivity index is 3.15. The van der Waals surface area contributed by atoms with Gasteiger partial charge < -0.3 is 4.57 Å². The van der Waals surface area contributed by atoms with Crippen LogP contribution in [0.1, 0.15) is 24.3 Å². The first-order valence-corrected chi connectivity index (χ1v) is 4.30. The summed E-state index contributed by atoms with van der Waals surface area (Å²) in [6, 6.07) is 4.72. The fraction of sp³-hybridized carbons (Fsp3) is 0.400. The van der Waals surface area contributed by atoms with Crippen LogP contribution in [0.3, 0.4) is 0 Å². The Morgan fingerprint density at radius 2 is 2.15 bits per heavy atom. The monoisotopic (exact) mass is 179 g/mol. The molecule has 1 aromatic heterocycles. The van der Waals surface area contributed by atoms with Crippen LogP contribution >= 0.6 is 0 Å². The van der Waals surface area contributed by atoms with E-state index < -0.39 is 0 Å². The fourth-order valence-corrected chi connectivity index (χ4v) is 1.20. The van der Waals surface area contributed by atoms with Gasteiger partial charge in [0.05, 0.1) is 5.69 Å². The smallest absolute Gasteiger partial charge is 0.251 e. The van der Waals surface area contributed by atoms with Crippen LogP contribution in [0.4, 0.5) is 0 Å².